The van der Waals surface area contributed by atoms with Crippen molar-refractivity contribution in [1.82, 2.24) is 9.80 Å². The predicted molar refractivity (Wildman–Crippen MR) is 132 cm³/mol. The molecule has 0 N–H and O–H groups in total. The number of hydrogen-bond donors (Lipinski definition) is 0. The number of likely N-dealkylation sites (N-methyl/N-ethyl adjacent to an activating group) is 1. The third-order valence-electron chi connectivity index (χ3n) is 6.28. The summed E-state index contributed by atoms with van der Waals surface area (Å²) in [4.78, 5) is 31.2. The van der Waals surface area contributed by atoms with Crippen LogP contribution in [0.5, 0.6) is 11.5 Å². The molecule has 2 aromatic carbocycles. The summed E-state index contributed by atoms with van der Waals surface area (Å²) in [5, 5.41) is 0.786. The molecular formula is C26H29ClN2O5. The van der Waals surface area contributed by atoms with Crippen LogP contribution in [0.1, 0.15) is 48.5 Å². The highest BCUT2D eigenvalue weighted by molar-refractivity contribution is 6.31. The van der Waals surface area contributed by atoms with Gasteiger partial charge in [0.05, 0.1) is 30.7 Å². The fourth-order valence-corrected chi connectivity index (χ4v) is 4.66. The number of amides is 1. The zero-order valence-corrected chi connectivity index (χ0v) is 20.6. The molecule has 0 bridgehead atoms. The summed E-state index contributed by atoms with van der Waals surface area (Å²) >= 11 is 6.16. The number of halogens is 1. The highest BCUT2D eigenvalue weighted by Crippen LogP contribution is 2.41. The van der Waals surface area contributed by atoms with Gasteiger partial charge in [0, 0.05) is 18.1 Å². The van der Waals surface area contributed by atoms with Crippen LogP contribution in [0.3, 0.4) is 0 Å². The summed E-state index contributed by atoms with van der Waals surface area (Å²) < 4.78 is 17.2. The second kappa shape index (κ2) is 10.1. The van der Waals surface area contributed by atoms with Crippen LogP contribution in [0.4, 0.5) is 0 Å². The normalized spacial score (nSPS) is 15.3. The van der Waals surface area contributed by atoms with E-state index in [1.54, 1.807) is 30.2 Å². The van der Waals surface area contributed by atoms with Crippen LogP contribution in [-0.4, -0.2) is 55.6 Å². The Morgan fingerprint density at radius 3 is 2.50 bits per heavy atom. The molecule has 1 aromatic heterocycles. The molecule has 3 aromatic rings. The van der Waals surface area contributed by atoms with Gasteiger partial charge in [0.1, 0.15) is 5.58 Å². The van der Waals surface area contributed by atoms with Gasteiger partial charge in [-0.2, -0.15) is 0 Å². The van der Waals surface area contributed by atoms with Gasteiger partial charge >= 0.3 is 0 Å². The van der Waals surface area contributed by atoms with Crippen molar-refractivity contribution in [2.24, 2.45) is 0 Å². The fraction of sp³-hybridized carbons (Fsp3) is 0.385. The van der Waals surface area contributed by atoms with Crippen molar-refractivity contribution in [3.8, 4) is 11.5 Å². The number of nitrogens with zero attached hydrogens (tertiary/aromatic N) is 2. The van der Waals surface area contributed by atoms with Crippen molar-refractivity contribution >= 4 is 28.5 Å². The molecule has 7 nitrogen and oxygen atoms in total. The quantitative estimate of drug-likeness (QED) is 0.437. The van der Waals surface area contributed by atoms with E-state index in [4.69, 9.17) is 25.5 Å². The molecular weight excluding hydrogens is 456 g/mol. The van der Waals surface area contributed by atoms with Gasteiger partial charge < -0.3 is 23.7 Å². The van der Waals surface area contributed by atoms with E-state index in [0.717, 1.165) is 18.7 Å². The zero-order valence-electron chi connectivity index (χ0n) is 19.9. The van der Waals surface area contributed by atoms with Gasteiger partial charge in [0.2, 0.25) is 5.76 Å². The minimum absolute atomic E-state index is 0.0808. The minimum atomic E-state index is -0.609. The first-order valence-corrected chi connectivity index (χ1v) is 11.9. The number of fused-ring (bicyclic) bond motifs is 2. The summed E-state index contributed by atoms with van der Waals surface area (Å²) in [6.45, 7) is 9.42. The molecule has 0 radical (unpaired) electrons. The smallest absolute Gasteiger partial charge is 0.290 e. The highest BCUT2D eigenvalue weighted by atomic mass is 35.5. The molecule has 0 spiro atoms. The maximum atomic E-state index is 13.7. The first kappa shape index (κ1) is 24.1. The van der Waals surface area contributed by atoms with Crippen LogP contribution >= 0.6 is 11.6 Å². The van der Waals surface area contributed by atoms with Gasteiger partial charge in [-0.3, -0.25) is 9.59 Å². The molecule has 4 rings (SSSR count). The van der Waals surface area contributed by atoms with Gasteiger partial charge in [-0.1, -0.05) is 31.5 Å². The third kappa shape index (κ3) is 4.26. The van der Waals surface area contributed by atoms with E-state index in [2.05, 4.69) is 18.7 Å². The number of carbonyl (C=O) groups is 1. The van der Waals surface area contributed by atoms with E-state index in [-0.39, 0.29) is 17.1 Å². The molecule has 0 saturated carbocycles. The Morgan fingerprint density at radius 1 is 1.06 bits per heavy atom. The van der Waals surface area contributed by atoms with E-state index in [1.807, 2.05) is 25.1 Å². The second-order valence-electron chi connectivity index (χ2n) is 8.09. The third-order valence-corrected chi connectivity index (χ3v) is 6.52. The van der Waals surface area contributed by atoms with Crippen LogP contribution in [0.25, 0.3) is 11.0 Å². The molecule has 0 fully saturated rings. The topological polar surface area (TPSA) is 72.2 Å². The molecule has 1 amide bonds. The molecule has 0 aliphatic carbocycles. The van der Waals surface area contributed by atoms with E-state index in [9.17, 15) is 9.59 Å². The lowest BCUT2D eigenvalue weighted by Crippen LogP contribution is -2.37. The molecule has 8 heteroatoms. The highest BCUT2D eigenvalue weighted by Gasteiger charge is 2.43. The van der Waals surface area contributed by atoms with Gasteiger partial charge in [-0.15, -0.1) is 0 Å². The minimum Gasteiger partial charge on any atom is -0.493 e. The maximum Gasteiger partial charge on any atom is 0.290 e. The van der Waals surface area contributed by atoms with Gasteiger partial charge in [0.25, 0.3) is 5.91 Å². The van der Waals surface area contributed by atoms with Crippen LogP contribution < -0.4 is 14.9 Å². The predicted octanol–water partition coefficient (Wildman–Crippen LogP) is 4.74. The Hall–Kier alpha value is -3.03. The monoisotopic (exact) mass is 484 g/mol. The summed E-state index contributed by atoms with van der Waals surface area (Å²) in [6.07, 6.45) is 0. The Morgan fingerprint density at radius 2 is 1.82 bits per heavy atom. The van der Waals surface area contributed by atoms with E-state index >= 15 is 0 Å². The average molecular weight is 485 g/mol. The fourth-order valence-electron chi connectivity index (χ4n) is 4.49. The molecule has 34 heavy (non-hydrogen) atoms. The lowest BCUT2D eigenvalue weighted by Gasteiger charge is -2.28. The van der Waals surface area contributed by atoms with Crippen molar-refractivity contribution in [1.29, 1.82) is 0 Å². The van der Waals surface area contributed by atoms with Gasteiger partial charge in [-0.25, -0.2) is 0 Å². The lowest BCUT2D eigenvalue weighted by molar-refractivity contribution is 0.0708. The number of methoxy groups -OCH3 is 1. The first-order chi connectivity index (χ1) is 16.4. The molecule has 1 aliphatic heterocycles. The number of carbonyl (C=O) groups excluding carboxylic acids is 1. The van der Waals surface area contributed by atoms with Crippen LogP contribution in [0.15, 0.2) is 45.6 Å². The molecule has 1 unspecified atom stereocenters. The lowest BCUT2D eigenvalue weighted by atomic mass is 9.98. The summed E-state index contributed by atoms with van der Waals surface area (Å²) in [5.41, 5.74) is 1.16. The largest absolute Gasteiger partial charge is 0.493 e. The molecule has 0 saturated heterocycles. The SMILES string of the molecule is CCOc1ccc(C2c3c(oc4ccc(Cl)cc4c3=O)C(=O)N2CCN(CC)CC)cc1OC. The number of ether oxygens (including phenoxy) is 2. The van der Waals surface area contributed by atoms with Crippen LogP contribution in [0, 0.1) is 0 Å². The maximum absolute atomic E-state index is 13.7. The number of rotatable bonds is 9. The Balaban J connectivity index is 1.89. The Bertz CT molecular complexity index is 1270. The zero-order chi connectivity index (χ0) is 24.4. The van der Waals surface area contributed by atoms with Crippen LogP contribution in [0.2, 0.25) is 5.02 Å². The summed E-state index contributed by atoms with van der Waals surface area (Å²) in [5.74, 6) is 0.925. The molecule has 2 heterocycles. The number of benzene rings is 2. The average Bonchev–Trinajstić information content (AvgIpc) is 3.12. The standard InChI is InChI=1S/C26H29ClN2O5/c1-5-28(6-2)12-13-29-23(16-8-10-20(33-7-3)21(14-16)32-4)22-24(30)18-15-17(27)9-11-19(18)34-25(22)26(29)31/h8-11,14-15,23H,5-7,12-13H2,1-4H3. The molecule has 1 aliphatic rings. The molecule has 180 valence electrons. The van der Waals surface area contributed by atoms with Crippen molar-refractivity contribution in [2.45, 2.75) is 26.8 Å². The Kier molecular flexibility index (Phi) is 7.14. The number of hydrogen-bond acceptors (Lipinski definition) is 6. The van der Waals surface area contributed by atoms with Crippen molar-refractivity contribution in [2.75, 3.05) is 39.9 Å². The van der Waals surface area contributed by atoms with Gasteiger partial charge in [0.15, 0.2) is 16.9 Å². The summed E-state index contributed by atoms with van der Waals surface area (Å²) in [7, 11) is 1.57. The van der Waals surface area contributed by atoms with E-state index < -0.39 is 6.04 Å². The van der Waals surface area contributed by atoms with Crippen molar-refractivity contribution < 1.29 is 18.7 Å². The second-order valence-corrected chi connectivity index (χ2v) is 8.52. The first-order valence-electron chi connectivity index (χ1n) is 11.5. The van der Waals surface area contributed by atoms with E-state index in [1.165, 1.54) is 0 Å². The van der Waals surface area contributed by atoms with Gasteiger partial charge in [-0.05, 0) is 55.9 Å². The van der Waals surface area contributed by atoms with Crippen molar-refractivity contribution in [3.63, 3.8) is 0 Å². The van der Waals surface area contributed by atoms with Crippen molar-refractivity contribution in [3.05, 3.63) is 68.5 Å². The molecule has 1 atom stereocenters. The Labute approximate surface area is 203 Å². The van der Waals surface area contributed by atoms with Crippen LogP contribution in [-0.2, 0) is 0 Å². The summed E-state index contributed by atoms with van der Waals surface area (Å²) in [6, 6.07) is 9.74. The van der Waals surface area contributed by atoms with E-state index in [0.29, 0.717) is 52.8 Å².